The van der Waals surface area contributed by atoms with E-state index in [2.05, 4.69) is 12.2 Å². The molecule has 7 heavy (non-hydrogen) atoms. The Balaban J connectivity index is 2.82. The SMILES string of the molecule is CC(=S)OCC[SiH3]. The Morgan fingerprint density at radius 3 is 2.57 bits per heavy atom. The van der Waals surface area contributed by atoms with Crippen molar-refractivity contribution in [2.24, 2.45) is 0 Å². The number of ether oxygens (including phenoxy) is 1. The smallest absolute Gasteiger partial charge is 0.156 e. The average molecular weight is 134 g/mol. The van der Waals surface area contributed by atoms with Crippen LogP contribution >= 0.6 is 12.2 Å². The molecule has 0 heterocycles. The van der Waals surface area contributed by atoms with Crippen molar-refractivity contribution in [3.8, 4) is 0 Å². The molecule has 0 aromatic rings. The third-order valence-electron chi connectivity index (χ3n) is 0.509. The second-order valence-electron chi connectivity index (χ2n) is 1.34. The molecule has 0 saturated heterocycles. The van der Waals surface area contributed by atoms with Crippen molar-refractivity contribution in [2.45, 2.75) is 13.0 Å². The summed E-state index contributed by atoms with van der Waals surface area (Å²) in [7, 11) is 1.21. The maximum Gasteiger partial charge on any atom is 0.156 e. The molecule has 1 nitrogen and oxygen atoms in total. The summed E-state index contributed by atoms with van der Waals surface area (Å²) >= 11 is 4.65. The second-order valence-corrected chi connectivity index (χ2v) is 2.91. The molecule has 0 amide bonds. The lowest BCUT2D eigenvalue weighted by Gasteiger charge is -1.97. The van der Waals surface area contributed by atoms with Crippen molar-refractivity contribution in [1.29, 1.82) is 0 Å². The van der Waals surface area contributed by atoms with Gasteiger partial charge in [-0.15, -0.1) is 0 Å². The Kier molecular flexibility index (Phi) is 4.34. The molecule has 0 aliphatic heterocycles. The highest BCUT2D eigenvalue weighted by molar-refractivity contribution is 7.80. The number of hydrogen-bond donors (Lipinski definition) is 0. The Morgan fingerprint density at radius 1 is 1.86 bits per heavy atom. The van der Waals surface area contributed by atoms with Gasteiger partial charge >= 0.3 is 0 Å². The Labute approximate surface area is 52.5 Å². The highest BCUT2D eigenvalue weighted by Crippen LogP contribution is 1.80. The molecule has 0 aromatic heterocycles. The molecular weight excluding hydrogens is 124 g/mol. The maximum atomic E-state index is 4.96. The quantitative estimate of drug-likeness (QED) is 0.392. The van der Waals surface area contributed by atoms with Crippen LogP contribution in [-0.2, 0) is 4.74 Å². The van der Waals surface area contributed by atoms with Crippen molar-refractivity contribution in [1.82, 2.24) is 0 Å². The monoisotopic (exact) mass is 134 g/mol. The first-order chi connectivity index (χ1) is 3.27. The molecular formula is C4H10OSSi. The van der Waals surface area contributed by atoms with Crippen LogP contribution in [0.5, 0.6) is 0 Å². The largest absolute Gasteiger partial charge is 0.488 e. The van der Waals surface area contributed by atoms with Crippen molar-refractivity contribution >= 4 is 27.5 Å². The average Bonchev–Trinajstić information content (AvgIpc) is 1.61. The van der Waals surface area contributed by atoms with Crippen LogP contribution in [0.1, 0.15) is 6.92 Å². The summed E-state index contributed by atoms with van der Waals surface area (Å²) < 4.78 is 4.96. The van der Waals surface area contributed by atoms with Crippen LogP contribution in [0.2, 0.25) is 6.04 Å². The van der Waals surface area contributed by atoms with Gasteiger partial charge in [0.1, 0.15) is 0 Å². The van der Waals surface area contributed by atoms with Gasteiger partial charge in [-0.25, -0.2) is 0 Å². The fourth-order valence-corrected chi connectivity index (χ4v) is 0.533. The molecule has 0 N–H and O–H groups in total. The zero-order valence-electron chi connectivity index (χ0n) is 4.73. The molecule has 0 fully saturated rings. The van der Waals surface area contributed by atoms with E-state index in [0.717, 1.165) is 6.61 Å². The molecule has 0 bridgehead atoms. The molecule has 0 atom stereocenters. The molecule has 0 aliphatic carbocycles. The maximum absolute atomic E-state index is 4.96. The van der Waals surface area contributed by atoms with Crippen molar-refractivity contribution in [3.05, 3.63) is 0 Å². The molecule has 0 spiro atoms. The fraction of sp³-hybridized carbons (Fsp3) is 0.750. The van der Waals surface area contributed by atoms with Crippen molar-refractivity contribution in [2.75, 3.05) is 6.61 Å². The summed E-state index contributed by atoms with van der Waals surface area (Å²) in [5.74, 6) is 0. The van der Waals surface area contributed by atoms with Crippen LogP contribution in [0, 0.1) is 0 Å². The minimum atomic E-state index is 0.663. The summed E-state index contributed by atoms with van der Waals surface area (Å²) in [5, 5.41) is 0.663. The zero-order chi connectivity index (χ0) is 5.70. The topological polar surface area (TPSA) is 9.23 Å². The van der Waals surface area contributed by atoms with E-state index in [0.29, 0.717) is 5.05 Å². The second kappa shape index (κ2) is 4.27. The lowest BCUT2D eigenvalue weighted by molar-refractivity contribution is 0.334. The van der Waals surface area contributed by atoms with Crippen LogP contribution in [0.4, 0.5) is 0 Å². The van der Waals surface area contributed by atoms with Crippen molar-refractivity contribution < 1.29 is 4.74 Å². The summed E-state index contributed by atoms with van der Waals surface area (Å²) in [6, 6.07) is 1.17. The van der Waals surface area contributed by atoms with E-state index in [1.807, 2.05) is 0 Å². The molecule has 0 rings (SSSR count). The third kappa shape index (κ3) is 6.11. The van der Waals surface area contributed by atoms with Gasteiger partial charge in [0, 0.05) is 17.2 Å². The predicted octanol–water partition coefficient (Wildman–Crippen LogP) is 0.134. The van der Waals surface area contributed by atoms with Gasteiger partial charge in [0.25, 0.3) is 0 Å². The van der Waals surface area contributed by atoms with Crippen LogP contribution < -0.4 is 0 Å². The van der Waals surface area contributed by atoms with Crippen molar-refractivity contribution in [3.63, 3.8) is 0 Å². The summed E-state index contributed by atoms with van der Waals surface area (Å²) in [5.41, 5.74) is 0. The van der Waals surface area contributed by atoms with Gasteiger partial charge in [0.15, 0.2) is 5.05 Å². The van der Waals surface area contributed by atoms with Gasteiger partial charge in [-0.1, -0.05) is 0 Å². The first-order valence-electron chi connectivity index (χ1n) is 2.40. The Hall–Kier alpha value is 0.107. The van der Waals surface area contributed by atoms with E-state index >= 15 is 0 Å². The van der Waals surface area contributed by atoms with E-state index in [9.17, 15) is 0 Å². The van der Waals surface area contributed by atoms with Gasteiger partial charge < -0.3 is 4.74 Å². The van der Waals surface area contributed by atoms with E-state index in [1.54, 1.807) is 6.92 Å². The summed E-state index contributed by atoms with van der Waals surface area (Å²) in [6.45, 7) is 2.62. The molecule has 0 radical (unpaired) electrons. The zero-order valence-corrected chi connectivity index (χ0v) is 7.55. The van der Waals surface area contributed by atoms with E-state index < -0.39 is 0 Å². The first-order valence-corrected chi connectivity index (χ1v) is 4.23. The summed E-state index contributed by atoms with van der Waals surface area (Å²) in [6.07, 6.45) is 0. The lowest BCUT2D eigenvalue weighted by atomic mass is 10.8. The van der Waals surface area contributed by atoms with E-state index in [4.69, 9.17) is 4.74 Å². The number of thiocarbonyl (C=S) groups is 1. The molecule has 0 saturated carbocycles. The third-order valence-corrected chi connectivity index (χ3v) is 1.04. The lowest BCUT2D eigenvalue weighted by Crippen LogP contribution is -1.96. The Morgan fingerprint density at radius 2 is 2.43 bits per heavy atom. The van der Waals surface area contributed by atoms with Gasteiger partial charge in [-0.3, -0.25) is 0 Å². The molecule has 0 aliphatic rings. The fourth-order valence-electron chi connectivity index (χ4n) is 0.246. The molecule has 0 unspecified atom stereocenters. The van der Waals surface area contributed by atoms with Crippen LogP contribution in [0.15, 0.2) is 0 Å². The molecule has 0 aromatic carbocycles. The van der Waals surface area contributed by atoms with Crippen LogP contribution in [-0.4, -0.2) is 21.9 Å². The minimum absolute atomic E-state index is 0.663. The Bertz CT molecular complexity index is 64.7. The highest BCUT2D eigenvalue weighted by atomic mass is 32.1. The van der Waals surface area contributed by atoms with Crippen LogP contribution in [0.25, 0.3) is 0 Å². The number of hydrogen-bond acceptors (Lipinski definition) is 2. The molecule has 42 valence electrons. The normalized spacial score (nSPS) is 8.71. The van der Waals surface area contributed by atoms with E-state index in [1.165, 1.54) is 16.3 Å². The van der Waals surface area contributed by atoms with Gasteiger partial charge in [-0.2, -0.15) is 0 Å². The minimum Gasteiger partial charge on any atom is -0.488 e. The van der Waals surface area contributed by atoms with Gasteiger partial charge in [-0.05, 0) is 18.3 Å². The number of rotatable bonds is 2. The van der Waals surface area contributed by atoms with E-state index in [-0.39, 0.29) is 0 Å². The first kappa shape index (κ1) is 7.11. The van der Waals surface area contributed by atoms with Gasteiger partial charge in [0.2, 0.25) is 0 Å². The van der Waals surface area contributed by atoms with Crippen LogP contribution in [0.3, 0.4) is 0 Å². The standard InChI is InChI=1S/C4H10OSSi/c1-4(6)5-2-3-7/h2-3H2,1,7H3. The van der Waals surface area contributed by atoms with Gasteiger partial charge in [0.05, 0.1) is 6.61 Å². The predicted molar refractivity (Wildman–Crippen MR) is 39.0 cm³/mol. The molecule has 3 heteroatoms. The summed E-state index contributed by atoms with van der Waals surface area (Å²) in [4.78, 5) is 0. The highest BCUT2D eigenvalue weighted by Gasteiger charge is 1.81.